The van der Waals surface area contributed by atoms with Crippen LogP contribution in [0, 0.1) is 13.8 Å². The number of fused-ring (bicyclic) bond motifs is 1. The highest BCUT2D eigenvalue weighted by Gasteiger charge is 2.37. The SMILES string of the molecule is Cc1ccc(C)c2c1C(=O)N(CCCC(C)O)C2=O. The van der Waals surface area contributed by atoms with Crippen molar-refractivity contribution in [1.82, 2.24) is 4.90 Å². The van der Waals surface area contributed by atoms with E-state index in [2.05, 4.69) is 0 Å². The van der Waals surface area contributed by atoms with Gasteiger partial charge in [-0.1, -0.05) is 12.1 Å². The maximum atomic E-state index is 12.3. The highest BCUT2D eigenvalue weighted by Crippen LogP contribution is 2.28. The normalized spacial score (nSPS) is 15.9. The van der Waals surface area contributed by atoms with Gasteiger partial charge < -0.3 is 5.11 Å². The topological polar surface area (TPSA) is 57.6 Å². The van der Waals surface area contributed by atoms with E-state index in [4.69, 9.17) is 0 Å². The minimum Gasteiger partial charge on any atom is -0.393 e. The van der Waals surface area contributed by atoms with Gasteiger partial charge in [0.25, 0.3) is 11.8 Å². The van der Waals surface area contributed by atoms with Crippen molar-refractivity contribution in [3.05, 3.63) is 34.4 Å². The van der Waals surface area contributed by atoms with Crippen LogP contribution in [0.15, 0.2) is 12.1 Å². The third-order valence-electron chi connectivity index (χ3n) is 3.54. The molecule has 0 saturated heterocycles. The van der Waals surface area contributed by atoms with Gasteiger partial charge in [0.2, 0.25) is 0 Å². The fourth-order valence-electron chi connectivity index (χ4n) is 2.47. The molecule has 1 aromatic rings. The Morgan fingerprint density at radius 3 is 2.00 bits per heavy atom. The van der Waals surface area contributed by atoms with E-state index in [-0.39, 0.29) is 11.8 Å². The van der Waals surface area contributed by atoms with Gasteiger partial charge in [-0.25, -0.2) is 0 Å². The van der Waals surface area contributed by atoms with Gasteiger partial charge in [-0.15, -0.1) is 0 Å². The van der Waals surface area contributed by atoms with E-state index in [9.17, 15) is 14.7 Å². The van der Waals surface area contributed by atoms with Crippen molar-refractivity contribution in [3.63, 3.8) is 0 Å². The van der Waals surface area contributed by atoms with Crippen molar-refractivity contribution >= 4 is 11.8 Å². The van der Waals surface area contributed by atoms with Crippen LogP contribution in [0.3, 0.4) is 0 Å². The van der Waals surface area contributed by atoms with Crippen LogP contribution in [0.5, 0.6) is 0 Å². The predicted octanol–water partition coefficient (Wildman–Crippen LogP) is 2.06. The maximum Gasteiger partial charge on any atom is 0.261 e. The molecule has 0 radical (unpaired) electrons. The molecule has 0 aliphatic carbocycles. The largest absolute Gasteiger partial charge is 0.393 e. The summed E-state index contributed by atoms with van der Waals surface area (Å²) in [6.07, 6.45) is 0.811. The standard InChI is InChI=1S/C15H19NO3/c1-9-6-7-10(2)13-12(9)14(18)16(15(13)19)8-4-5-11(3)17/h6-7,11,17H,4-5,8H2,1-3H3. The van der Waals surface area contributed by atoms with E-state index < -0.39 is 6.10 Å². The second kappa shape index (κ2) is 5.13. The summed E-state index contributed by atoms with van der Waals surface area (Å²) in [6.45, 7) is 5.78. The summed E-state index contributed by atoms with van der Waals surface area (Å²) in [5.41, 5.74) is 2.78. The van der Waals surface area contributed by atoms with Gasteiger partial charge in [0, 0.05) is 6.54 Å². The number of benzene rings is 1. The number of amides is 2. The molecular formula is C15H19NO3. The van der Waals surface area contributed by atoms with Gasteiger partial charge in [0.1, 0.15) is 0 Å². The summed E-state index contributed by atoms with van der Waals surface area (Å²) in [5.74, 6) is -0.404. The molecule has 1 N–H and O–H groups in total. The summed E-state index contributed by atoms with van der Waals surface area (Å²) in [6, 6.07) is 3.75. The molecule has 4 heteroatoms. The first kappa shape index (κ1) is 13.7. The van der Waals surface area contributed by atoms with Crippen LogP contribution in [0.4, 0.5) is 0 Å². The number of aliphatic hydroxyl groups excluding tert-OH is 1. The second-order valence-electron chi connectivity index (χ2n) is 5.20. The average Bonchev–Trinajstić information content (AvgIpc) is 2.59. The average molecular weight is 261 g/mol. The Hall–Kier alpha value is -1.68. The lowest BCUT2D eigenvalue weighted by atomic mass is 9.99. The molecule has 1 atom stereocenters. The summed E-state index contributed by atoms with van der Waals surface area (Å²) < 4.78 is 0. The van der Waals surface area contributed by atoms with E-state index in [1.807, 2.05) is 26.0 Å². The number of aliphatic hydroxyl groups is 1. The summed E-state index contributed by atoms with van der Waals surface area (Å²) >= 11 is 0. The molecule has 0 bridgehead atoms. The summed E-state index contributed by atoms with van der Waals surface area (Å²) in [5, 5.41) is 9.23. The third kappa shape index (κ3) is 2.40. The predicted molar refractivity (Wildman–Crippen MR) is 72.2 cm³/mol. The number of rotatable bonds is 4. The molecule has 1 aromatic carbocycles. The van der Waals surface area contributed by atoms with Crippen LogP contribution in [-0.2, 0) is 0 Å². The number of hydrogen-bond donors (Lipinski definition) is 1. The molecule has 2 rings (SSSR count). The lowest BCUT2D eigenvalue weighted by Crippen LogP contribution is -2.31. The monoisotopic (exact) mass is 261 g/mol. The molecule has 1 aliphatic heterocycles. The molecule has 0 aromatic heterocycles. The Kier molecular flexibility index (Phi) is 3.71. The van der Waals surface area contributed by atoms with Crippen LogP contribution < -0.4 is 0 Å². The van der Waals surface area contributed by atoms with Gasteiger partial charge >= 0.3 is 0 Å². The zero-order valence-electron chi connectivity index (χ0n) is 11.6. The molecule has 1 aliphatic rings. The third-order valence-corrected chi connectivity index (χ3v) is 3.54. The van der Waals surface area contributed by atoms with Crippen molar-refractivity contribution in [2.75, 3.05) is 6.54 Å². The highest BCUT2D eigenvalue weighted by atomic mass is 16.3. The zero-order chi connectivity index (χ0) is 14.2. The number of carbonyl (C=O) groups is 2. The number of hydrogen-bond acceptors (Lipinski definition) is 3. The van der Waals surface area contributed by atoms with E-state index in [1.54, 1.807) is 6.92 Å². The van der Waals surface area contributed by atoms with Crippen LogP contribution in [0.1, 0.15) is 51.6 Å². The van der Waals surface area contributed by atoms with Gasteiger partial charge in [-0.2, -0.15) is 0 Å². The Balaban J connectivity index is 2.24. The van der Waals surface area contributed by atoms with Crippen LogP contribution in [-0.4, -0.2) is 34.5 Å². The Bertz CT molecular complexity index is 493. The second-order valence-corrected chi connectivity index (χ2v) is 5.20. The first-order valence-electron chi connectivity index (χ1n) is 6.58. The quantitative estimate of drug-likeness (QED) is 0.844. The fraction of sp³-hybridized carbons (Fsp3) is 0.467. The molecule has 19 heavy (non-hydrogen) atoms. The minimum atomic E-state index is -0.404. The number of aryl methyl sites for hydroxylation is 2. The fourth-order valence-corrected chi connectivity index (χ4v) is 2.47. The van der Waals surface area contributed by atoms with E-state index in [1.165, 1.54) is 4.90 Å². The first-order valence-corrected chi connectivity index (χ1v) is 6.58. The van der Waals surface area contributed by atoms with Crippen molar-refractivity contribution in [1.29, 1.82) is 0 Å². The Morgan fingerprint density at radius 2 is 1.58 bits per heavy atom. The molecular weight excluding hydrogens is 242 g/mol. The van der Waals surface area contributed by atoms with Crippen molar-refractivity contribution in [2.24, 2.45) is 0 Å². The summed E-state index contributed by atoms with van der Waals surface area (Å²) in [4.78, 5) is 25.9. The molecule has 102 valence electrons. The Labute approximate surface area is 113 Å². The van der Waals surface area contributed by atoms with Gasteiger partial charge in [0.15, 0.2) is 0 Å². The summed E-state index contributed by atoms with van der Waals surface area (Å²) in [7, 11) is 0. The number of imide groups is 1. The molecule has 4 nitrogen and oxygen atoms in total. The molecule has 0 spiro atoms. The molecule has 0 fully saturated rings. The van der Waals surface area contributed by atoms with Gasteiger partial charge in [-0.3, -0.25) is 14.5 Å². The Morgan fingerprint density at radius 1 is 1.11 bits per heavy atom. The minimum absolute atomic E-state index is 0.202. The van der Waals surface area contributed by atoms with Crippen LogP contribution in [0.25, 0.3) is 0 Å². The number of carbonyl (C=O) groups excluding carboxylic acids is 2. The molecule has 0 saturated carbocycles. The van der Waals surface area contributed by atoms with E-state index in [0.717, 1.165) is 11.1 Å². The van der Waals surface area contributed by atoms with Gasteiger partial charge in [0.05, 0.1) is 17.2 Å². The lowest BCUT2D eigenvalue weighted by Gasteiger charge is -2.14. The van der Waals surface area contributed by atoms with E-state index >= 15 is 0 Å². The van der Waals surface area contributed by atoms with Crippen LogP contribution in [0.2, 0.25) is 0 Å². The lowest BCUT2D eigenvalue weighted by molar-refractivity contribution is 0.0642. The van der Waals surface area contributed by atoms with Crippen molar-refractivity contribution in [3.8, 4) is 0 Å². The maximum absolute atomic E-state index is 12.3. The van der Waals surface area contributed by atoms with Gasteiger partial charge in [-0.05, 0) is 44.7 Å². The molecule has 2 amide bonds. The van der Waals surface area contributed by atoms with E-state index in [0.29, 0.717) is 30.5 Å². The van der Waals surface area contributed by atoms with Crippen LogP contribution >= 0.6 is 0 Å². The first-order chi connectivity index (χ1) is 8.93. The zero-order valence-corrected chi connectivity index (χ0v) is 11.6. The molecule has 1 heterocycles. The number of nitrogens with zero attached hydrogens (tertiary/aromatic N) is 1. The smallest absolute Gasteiger partial charge is 0.261 e. The highest BCUT2D eigenvalue weighted by molar-refractivity contribution is 6.22. The van der Waals surface area contributed by atoms with Crippen molar-refractivity contribution < 1.29 is 14.7 Å². The van der Waals surface area contributed by atoms with Crippen molar-refractivity contribution in [2.45, 2.75) is 39.7 Å². The molecule has 1 unspecified atom stereocenters.